The monoisotopic (exact) mass is 340 g/mol. The van der Waals surface area contributed by atoms with E-state index in [1.54, 1.807) is 11.8 Å². The Morgan fingerprint density at radius 1 is 1.37 bits per heavy atom. The van der Waals surface area contributed by atoms with Crippen LogP contribution in [0.25, 0.3) is 0 Å². The molecule has 0 bridgehead atoms. The number of hydrogen-bond donors (Lipinski definition) is 1. The van der Waals surface area contributed by atoms with Gasteiger partial charge < -0.3 is 9.73 Å². The lowest BCUT2D eigenvalue weighted by molar-refractivity contribution is 0.431. The first-order valence-electron chi connectivity index (χ1n) is 6.21. The lowest BCUT2D eigenvalue weighted by Crippen LogP contribution is -2.12. The maximum Gasteiger partial charge on any atom is 0.261 e. The minimum absolute atomic E-state index is 0.700. The van der Waals surface area contributed by atoms with E-state index in [2.05, 4.69) is 51.4 Å². The molecule has 3 nitrogen and oxygen atoms in total. The Morgan fingerprint density at radius 3 is 2.79 bits per heavy atom. The average Bonchev–Trinajstić information content (AvgIpc) is 2.67. The summed E-state index contributed by atoms with van der Waals surface area (Å²) in [5.74, 6) is 0.880. The average molecular weight is 341 g/mol. The minimum Gasteiger partial charge on any atom is -0.436 e. The molecule has 0 radical (unpaired) electrons. The zero-order valence-electron chi connectivity index (χ0n) is 11.3. The van der Waals surface area contributed by atoms with Crippen LogP contribution in [-0.4, -0.2) is 11.5 Å². The molecule has 19 heavy (non-hydrogen) atoms. The number of oxazole rings is 1. The molecule has 1 heterocycles. The molecule has 0 aliphatic rings. The van der Waals surface area contributed by atoms with E-state index in [1.807, 2.05) is 13.8 Å². The molecule has 0 spiro atoms. The Morgan fingerprint density at radius 2 is 2.16 bits per heavy atom. The number of nitrogens with one attached hydrogen (secondary N) is 1. The van der Waals surface area contributed by atoms with E-state index >= 15 is 0 Å². The molecule has 102 valence electrons. The summed E-state index contributed by atoms with van der Waals surface area (Å²) in [6.45, 7) is 7.81. The summed E-state index contributed by atoms with van der Waals surface area (Å²) in [5.41, 5.74) is 2.20. The van der Waals surface area contributed by atoms with Gasteiger partial charge in [0.25, 0.3) is 5.22 Å². The molecular formula is C14H17BrN2OS. The number of hydrogen-bond acceptors (Lipinski definition) is 4. The van der Waals surface area contributed by atoms with Gasteiger partial charge in [-0.1, -0.05) is 28.9 Å². The van der Waals surface area contributed by atoms with Crippen molar-refractivity contribution in [1.29, 1.82) is 0 Å². The summed E-state index contributed by atoms with van der Waals surface area (Å²) in [5, 5.41) is 4.05. The molecule has 0 aliphatic carbocycles. The van der Waals surface area contributed by atoms with E-state index in [4.69, 9.17) is 4.42 Å². The highest BCUT2D eigenvalue weighted by molar-refractivity contribution is 9.10. The van der Waals surface area contributed by atoms with Gasteiger partial charge in [0.15, 0.2) is 0 Å². The van der Waals surface area contributed by atoms with Crippen molar-refractivity contribution in [3.63, 3.8) is 0 Å². The fourth-order valence-electron chi connectivity index (χ4n) is 1.61. The molecule has 1 aromatic heterocycles. The molecule has 0 amide bonds. The maximum atomic E-state index is 5.63. The van der Waals surface area contributed by atoms with Crippen LogP contribution in [0.3, 0.4) is 0 Å². The standard InChI is InChI=1S/C14H17BrN2OS/c1-4-16-8-11-5-6-12(15)7-13(11)19-14-17-9(2)10(3)18-14/h5-7,16H,4,8H2,1-3H3. The second kappa shape index (κ2) is 6.59. The van der Waals surface area contributed by atoms with Gasteiger partial charge in [-0.15, -0.1) is 0 Å². The fourth-order valence-corrected chi connectivity index (χ4v) is 3.12. The lowest BCUT2D eigenvalue weighted by Gasteiger charge is -2.08. The van der Waals surface area contributed by atoms with Crippen LogP contribution in [0.2, 0.25) is 0 Å². The second-order valence-electron chi connectivity index (χ2n) is 4.26. The Balaban J connectivity index is 2.24. The predicted molar refractivity (Wildman–Crippen MR) is 81.6 cm³/mol. The largest absolute Gasteiger partial charge is 0.436 e. The van der Waals surface area contributed by atoms with Gasteiger partial charge in [-0.3, -0.25) is 0 Å². The van der Waals surface area contributed by atoms with Crippen LogP contribution in [-0.2, 0) is 6.54 Å². The van der Waals surface area contributed by atoms with Crippen LogP contribution in [0, 0.1) is 13.8 Å². The fraction of sp³-hybridized carbons (Fsp3) is 0.357. The van der Waals surface area contributed by atoms with Crippen LogP contribution < -0.4 is 5.32 Å². The first-order chi connectivity index (χ1) is 9.10. The highest BCUT2D eigenvalue weighted by Gasteiger charge is 2.11. The lowest BCUT2D eigenvalue weighted by atomic mass is 10.2. The number of aromatic nitrogens is 1. The summed E-state index contributed by atoms with van der Waals surface area (Å²) < 4.78 is 6.70. The van der Waals surface area contributed by atoms with Gasteiger partial charge in [0, 0.05) is 15.9 Å². The SMILES string of the molecule is CCNCc1ccc(Br)cc1Sc1nc(C)c(C)o1. The minimum atomic E-state index is 0.700. The van der Waals surface area contributed by atoms with Crippen LogP contribution >= 0.6 is 27.7 Å². The molecule has 0 aliphatic heterocycles. The normalized spacial score (nSPS) is 10.9. The molecule has 0 unspecified atom stereocenters. The number of nitrogens with zero attached hydrogens (tertiary/aromatic N) is 1. The Labute approximate surface area is 126 Å². The number of rotatable bonds is 5. The van der Waals surface area contributed by atoms with E-state index in [0.29, 0.717) is 5.22 Å². The number of halogens is 1. The van der Waals surface area contributed by atoms with Crippen LogP contribution in [0.15, 0.2) is 37.2 Å². The van der Waals surface area contributed by atoms with Crippen molar-refractivity contribution in [3.05, 3.63) is 39.7 Å². The van der Waals surface area contributed by atoms with Crippen molar-refractivity contribution >= 4 is 27.7 Å². The second-order valence-corrected chi connectivity index (χ2v) is 6.16. The summed E-state index contributed by atoms with van der Waals surface area (Å²) in [7, 11) is 0. The number of aryl methyl sites for hydroxylation is 2. The summed E-state index contributed by atoms with van der Waals surface area (Å²) in [6, 6.07) is 6.28. The van der Waals surface area contributed by atoms with Crippen molar-refractivity contribution < 1.29 is 4.42 Å². The van der Waals surface area contributed by atoms with E-state index in [1.165, 1.54) is 5.56 Å². The predicted octanol–water partition coefficient (Wildman–Crippen LogP) is 4.31. The Hall–Kier alpha value is -0.780. The third-order valence-corrected chi connectivity index (χ3v) is 4.24. The topological polar surface area (TPSA) is 38.1 Å². The quantitative estimate of drug-likeness (QED) is 0.879. The van der Waals surface area contributed by atoms with Crippen molar-refractivity contribution in [2.75, 3.05) is 6.54 Å². The number of benzene rings is 1. The molecule has 2 aromatic rings. The zero-order chi connectivity index (χ0) is 13.8. The van der Waals surface area contributed by atoms with Crippen LogP contribution in [0.4, 0.5) is 0 Å². The van der Waals surface area contributed by atoms with Gasteiger partial charge in [0.05, 0.1) is 5.69 Å². The molecule has 2 rings (SSSR count). The van der Waals surface area contributed by atoms with Gasteiger partial charge in [-0.05, 0) is 49.9 Å². The highest BCUT2D eigenvalue weighted by Crippen LogP contribution is 2.33. The molecule has 0 saturated heterocycles. The van der Waals surface area contributed by atoms with Gasteiger partial charge >= 0.3 is 0 Å². The molecular weight excluding hydrogens is 324 g/mol. The Kier molecular flexibility index (Phi) is 5.07. The molecule has 1 aromatic carbocycles. The summed E-state index contributed by atoms with van der Waals surface area (Å²) in [6.07, 6.45) is 0. The van der Waals surface area contributed by atoms with Crippen molar-refractivity contribution in [1.82, 2.24) is 10.3 Å². The zero-order valence-corrected chi connectivity index (χ0v) is 13.7. The van der Waals surface area contributed by atoms with Crippen LogP contribution in [0.5, 0.6) is 0 Å². The summed E-state index contributed by atoms with van der Waals surface area (Å²) >= 11 is 5.08. The summed E-state index contributed by atoms with van der Waals surface area (Å²) in [4.78, 5) is 5.58. The maximum absolute atomic E-state index is 5.63. The van der Waals surface area contributed by atoms with Crippen LogP contribution in [0.1, 0.15) is 23.9 Å². The van der Waals surface area contributed by atoms with E-state index in [9.17, 15) is 0 Å². The van der Waals surface area contributed by atoms with E-state index in [0.717, 1.165) is 33.9 Å². The van der Waals surface area contributed by atoms with Crippen molar-refractivity contribution in [2.24, 2.45) is 0 Å². The van der Waals surface area contributed by atoms with E-state index < -0.39 is 0 Å². The van der Waals surface area contributed by atoms with Gasteiger partial charge in [-0.25, -0.2) is 4.98 Å². The third-order valence-electron chi connectivity index (χ3n) is 2.80. The Bertz CT molecular complexity index is 549. The third kappa shape index (κ3) is 3.84. The van der Waals surface area contributed by atoms with Crippen molar-refractivity contribution in [3.8, 4) is 0 Å². The molecule has 0 atom stereocenters. The van der Waals surface area contributed by atoms with Crippen molar-refractivity contribution in [2.45, 2.75) is 37.4 Å². The molecule has 0 fully saturated rings. The smallest absolute Gasteiger partial charge is 0.261 e. The van der Waals surface area contributed by atoms with Gasteiger partial charge in [0.1, 0.15) is 5.76 Å². The van der Waals surface area contributed by atoms with Gasteiger partial charge in [0.2, 0.25) is 0 Å². The van der Waals surface area contributed by atoms with E-state index in [-0.39, 0.29) is 0 Å². The molecule has 0 saturated carbocycles. The molecule has 5 heteroatoms. The first kappa shape index (κ1) is 14.6. The first-order valence-corrected chi connectivity index (χ1v) is 7.82. The highest BCUT2D eigenvalue weighted by atomic mass is 79.9. The van der Waals surface area contributed by atoms with Gasteiger partial charge in [-0.2, -0.15) is 0 Å². The molecule has 1 N–H and O–H groups in total.